The summed E-state index contributed by atoms with van der Waals surface area (Å²) in [7, 11) is 0. The molecular weight excluding hydrogens is 274 g/mol. The second-order valence-electron chi connectivity index (χ2n) is 5.36. The summed E-state index contributed by atoms with van der Waals surface area (Å²) >= 11 is 0. The van der Waals surface area contributed by atoms with Crippen molar-refractivity contribution >= 4 is 5.69 Å². The Morgan fingerprint density at radius 2 is 2.33 bits per heavy atom. The fraction of sp³-hybridized carbons (Fsp3) is 0.692. The van der Waals surface area contributed by atoms with Crippen molar-refractivity contribution in [3.63, 3.8) is 0 Å². The molecule has 114 valence electrons. The van der Waals surface area contributed by atoms with Crippen molar-refractivity contribution in [3.8, 4) is 6.07 Å². The van der Waals surface area contributed by atoms with E-state index in [-0.39, 0.29) is 12.2 Å². The standard InChI is InChI=1S/C13H19N5O3/c14-5-6-16(11-3-1-2-4-11)9-13(19)10-17-8-12(7-15-17)18(20)21/h7-8,11,13,19H,1-4,6,9-10H2. The fourth-order valence-corrected chi connectivity index (χ4v) is 2.79. The van der Waals surface area contributed by atoms with E-state index < -0.39 is 11.0 Å². The molecule has 2 rings (SSSR count). The van der Waals surface area contributed by atoms with Crippen LogP contribution in [0, 0.1) is 21.4 Å². The van der Waals surface area contributed by atoms with E-state index in [1.54, 1.807) is 0 Å². The first-order valence-corrected chi connectivity index (χ1v) is 7.06. The average Bonchev–Trinajstić information content (AvgIpc) is 3.09. The molecule has 0 radical (unpaired) electrons. The van der Waals surface area contributed by atoms with Crippen LogP contribution in [0.25, 0.3) is 0 Å². The third-order valence-corrected chi connectivity index (χ3v) is 3.79. The van der Waals surface area contributed by atoms with Crippen LogP contribution in [-0.4, -0.2) is 49.9 Å². The first-order valence-electron chi connectivity index (χ1n) is 7.06. The van der Waals surface area contributed by atoms with E-state index in [1.165, 1.54) is 10.9 Å². The largest absolute Gasteiger partial charge is 0.390 e. The van der Waals surface area contributed by atoms with Gasteiger partial charge >= 0.3 is 5.69 Å². The number of aliphatic hydroxyl groups is 1. The summed E-state index contributed by atoms with van der Waals surface area (Å²) in [6.45, 7) is 0.857. The number of hydrogen-bond acceptors (Lipinski definition) is 6. The maximum absolute atomic E-state index is 10.6. The number of aliphatic hydroxyl groups excluding tert-OH is 1. The molecule has 1 aliphatic carbocycles. The zero-order valence-electron chi connectivity index (χ0n) is 11.8. The van der Waals surface area contributed by atoms with Crippen LogP contribution in [-0.2, 0) is 6.54 Å². The van der Waals surface area contributed by atoms with Gasteiger partial charge in [-0.1, -0.05) is 12.8 Å². The third-order valence-electron chi connectivity index (χ3n) is 3.79. The predicted molar refractivity (Wildman–Crippen MR) is 74.3 cm³/mol. The van der Waals surface area contributed by atoms with Crippen molar-refractivity contribution in [3.05, 3.63) is 22.5 Å². The van der Waals surface area contributed by atoms with Crippen LogP contribution in [0.5, 0.6) is 0 Å². The molecule has 0 spiro atoms. The quantitative estimate of drug-likeness (QED) is 0.455. The van der Waals surface area contributed by atoms with E-state index in [2.05, 4.69) is 11.2 Å². The highest BCUT2D eigenvalue weighted by molar-refractivity contribution is 5.20. The van der Waals surface area contributed by atoms with Gasteiger partial charge in [0.15, 0.2) is 0 Å². The molecule has 1 aliphatic rings. The van der Waals surface area contributed by atoms with Gasteiger partial charge in [-0.25, -0.2) is 0 Å². The van der Waals surface area contributed by atoms with Gasteiger partial charge in [0.2, 0.25) is 0 Å². The molecule has 1 heterocycles. The number of rotatable bonds is 7. The monoisotopic (exact) mass is 293 g/mol. The van der Waals surface area contributed by atoms with Crippen LogP contribution < -0.4 is 0 Å². The lowest BCUT2D eigenvalue weighted by atomic mass is 10.2. The highest BCUT2D eigenvalue weighted by Crippen LogP contribution is 2.23. The van der Waals surface area contributed by atoms with Crippen molar-refractivity contribution in [2.75, 3.05) is 13.1 Å². The molecule has 0 aliphatic heterocycles. The molecule has 8 heteroatoms. The van der Waals surface area contributed by atoms with Gasteiger partial charge in [-0.3, -0.25) is 19.7 Å². The Kier molecular flexibility index (Phi) is 5.25. The second kappa shape index (κ2) is 7.15. The predicted octanol–water partition coefficient (Wildman–Crippen LogP) is 0.920. The summed E-state index contributed by atoms with van der Waals surface area (Å²) in [6, 6.07) is 2.49. The molecule has 0 bridgehead atoms. The van der Waals surface area contributed by atoms with Crippen molar-refractivity contribution in [1.29, 1.82) is 5.26 Å². The maximum Gasteiger partial charge on any atom is 0.306 e. The minimum Gasteiger partial charge on any atom is -0.390 e. The highest BCUT2D eigenvalue weighted by Gasteiger charge is 2.24. The highest BCUT2D eigenvalue weighted by atomic mass is 16.6. The fourth-order valence-electron chi connectivity index (χ4n) is 2.79. The van der Waals surface area contributed by atoms with Crippen LogP contribution in [0.4, 0.5) is 5.69 Å². The Balaban J connectivity index is 1.90. The zero-order chi connectivity index (χ0) is 15.2. The summed E-state index contributed by atoms with van der Waals surface area (Å²) in [5.41, 5.74) is -0.0909. The van der Waals surface area contributed by atoms with E-state index in [1.807, 2.05) is 4.90 Å². The van der Waals surface area contributed by atoms with Gasteiger partial charge in [0, 0.05) is 12.6 Å². The van der Waals surface area contributed by atoms with E-state index in [0.29, 0.717) is 19.1 Å². The molecule has 8 nitrogen and oxygen atoms in total. The second-order valence-corrected chi connectivity index (χ2v) is 5.36. The molecule has 1 saturated carbocycles. The molecule has 0 amide bonds. The molecule has 1 unspecified atom stereocenters. The first kappa shape index (κ1) is 15.4. The van der Waals surface area contributed by atoms with Gasteiger partial charge in [-0.15, -0.1) is 0 Å². The van der Waals surface area contributed by atoms with Crippen molar-refractivity contribution in [2.45, 2.75) is 44.4 Å². The van der Waals surface area contributed by atoms with Crippen LogP contribution >= 0.6 is 0 Å². The molecule has 1 N–H and O–H groups in total. The first-order chi connectivity index (χ1) is 10.1. The number of nitro groups is 1. The van der Waals surface area contributed by atoms with Crippen molar-refractivity contribution < 1.29 is 10.0 Å². The van der Waals surface area contributed by atoms with Crippen molar-refractivity contribution in [1.82, 2.24) is 14.7 Å². The smallest absolute Gasteiger partial charge is 0.306 e. The molecule has 1 atom stereocenters. The normalized spacial score (nSPS) is 17.0. The van der Waals surface area contributed by atoms with Gasteiger partial charge in [-0.2, -0.15) is 10.4 Å². The van der Waals surface area contributed by atoms with Gasteiger partial charge in [0.05, 0.1) is 30.2 Å². The Hall–Kier alpha value is -1.98. The molecule has 0 saturated heterocycles. The summed E-state index contributed by atoms with van der Waals surface area (Å²) in [5.74, 6) is 0. The molecule has 1 aromatic heterocycles. The summed E-state index contributed by atoms with van der Waals surface area (Å²) in [5, 5.41) is 33.5. The lowest BCUT2D eigenvalue weighted by molar-refractivity contribution is -0.385. The Morgan fingerprint density at radius 3 is 2.90 bits per heavy atom. The Morgan fingerprint density at radius 1 is 1.62 bits per heavy atom. The van der Waals surface area contributed by atoms with Crippen molar-refractivity contribution in [2.24, 2.45) is 0 Å². The van der Waals surface area contributed by atoms with E-state index >= 15 is 0 Å². The lowest BCUT2D eigenvalue weighted by Crippen LogP contribution is -2.40. The summed E-state index contributed by atoms with van der Waals surface area (Å²) in [4.78, 5) is 12.1. The number of aromatic nitrogens is 2. The maximum atomic E-state index is 10.6. The van der Waals surface area contributed by atoms with Crippen LogP contribution in [0.3, 0.4) is 0 Å². The van der Waals surface area contributed by atoms with E-state index in [9.17, 15) is 15.2 Å². The number of nitriles is 1. The lowest BCUT2D eigenvalue weighted by Gasteiger charge is -2.28. The Labute approximate surface area is 122 Å². The zero-order valence-corrected chi connectivity index (χ0v) is 11.8. The SMILES string of the molecule is N#CCN(CC(O)Cn1cc([N+](=O)[O-])cn1)C1CCCC1. The average molecular weight is 293 g/mol. The van der Waals surface area contributed by atoms with Crippen LogP contribution in [0.1, 0.15) is 25.7 Å². The van der Waals surface area contributed by atoms with Crippen LogP contribution in [0.15, 0.2) is 12.4 Å². The number of hydrogen-bond donors (Lipinski definition) is 1. The van der Waals surface area contributed by atoms with Crippen LogP contribution in [0.2, 0.25) is 0 Å². The molecule has 21 heavy (non-hydrogen) atoms. The van der Waals surface area contributed by atoms with Gasteiger partial charge in [0.1, 0.15) is 12.4 Å². The van der Waals surface area contributed by atoms with Gasteiger partial charge in [0.25, 0.3) is 0 Å². The molecular formula is C13H19N5O3. The Bertz CT molecular complexity index is 518. The third kappa shape index (κ3) is 4.24. The number of nitrogens with zero attached hydrogens (tertiary/aromatic N) is 5. The minimum atomic E-state index is -0.710. The van der Waals surface area contributed by atoms with Gasteiger partial charge in [-0.05, 0) is 12.8 Å². The minimum absolute atomic E-state index is 0.0909. The summed E-state index contributed by atoms with van der Waals surface area (Å²) in [6.07, 6.45) is 6.19. The summed E-state index contributed by atoms with van der Waals surface area (Å²) < 4.78 is 1.36. The van der Waals surface area contributed by atoms with Gasteiger partial charge < -0.3 is 5.11 Å². The molecule has 1 fully saturated rings. The topological polar surface area (TPSA) is 108 Å². The molecule has 0 aromatic carbocycles. The van der Waals surface area contributed by atoms with E-state index in [0.717, 1.165) is 31.9 Å². The molecule has 1 aromatic rings. The van der Waals surface area contributed by atoms with E-state index in [4.69, 9.17) is 5.26 Å².